The zero-order chi connectivity index (χ0) is 4.12. The second-order valence-corrected chi connectivity index (χ2v) is 0.887. The van der Waals surface area contributed by atoms with Gasteiger partial charge in [0.1, 0.15) is 0 Å². The SMILES string of the molecule is CC=CNS. The van der Waals surface area contributed by atoms with E-state index in [9.17, 15) is 0 Å². The molecule has 0 radical (unpaired) electrons. The second kappa shape index (κ2) is 3.89. The van der Waals surface area contributed by atoms with Crippen molar-refractivity contribution >= 4 is 12.8 Å². The maximum Gasteiger partial charge on any atom is 0.00271 e. The molecule has 0 heterocycles. The first kappa shape index (κ1) is 4.89. The van der Waals surface area contributed by atoms with Gasteiger partial charge in [0.05, 0.1) is 0 Å². The lowest BCUT2D eigenvalue weighted by molar-refractivity contribution is 1.41. The van der Waals surface area contributed by atoms with Gasteiger partial charge in [-0.15, -0.1) is 0 Å². The van der Waals surface area contributed by atoms with Crippen LogP contribution in [0.25, 0.3) is 0 Å². The number of rotatable bonds is 1. The largest absolute Gasteiger partial charge is 0.339 e. The maximum atomic E-state index is 3.66. The van der Waals surface area contributed by atoms with Gasteiger partial charge in [-0.1, -0.05) is 18.9 Å². The van der Waals surface area contributed by atoms with Gasteiger partial charge >= 0.3 is 0 Å². The summed E-state index contributed by atoms with van der Waals surface area (Å²) < 4.78 is 2.53. The molecule has 0 bridgehead atoms. The summed E-state index contributed by atoms with van der Waals surface area (Å²) in [5.74, 6) is 0. The van der Waals surface area contributed by atoms with Crippen molar-refractivity contribution in [2.24, 2.45) is 0 Å². The van der Waals surface area contributed by atoms with E-state index in [1.165, 1.54) is 0 Å². The van der Waals surface area contributed by atoms with Gasteiger partial charge in [-0.05, 0) is 6.92 Å². The van der Waals surface area contributed by atoms with Crippen molar-refractivity contribution in [1.29, 1.82) is 0 Å². The van der Waals surface area contributed by atoms with Crippen molar-refractivity contribution in [1.82, 2.24) is 4.72 Å². The smallest absolute Gasteiger partial charge is 0.00271 e. The van der Waals surface area contributed by atoms with Crippen LogP contribution in [0.3, 0.4) is 0 Å². The summed E-state index contributed by atoms with van der Waals surface area (Å²) in [5, 5.41) is 0. The summed E-state index contributed by atoms with van der Waals surface area (Å²) in [5.41, 5.74) is 0. The lowest BCUT2D eigenvalue weighted by Gasteiger charge is -1.73. The van der Waals surface area contributed by atoms with Gasteiger partial charge in [-0.3, -0.25) is 0 Å². The van der Waals surface area contributed by atoms with Crippen LogP contribution in [0.2, 0.25) is 0 Å². The number of thiol groups is 1. The first-order valence-corrected chi connectivity index (χ1v) is 1.87. The average Bonchev–Trinajstić information content (AvgIpc) is 1.41. The fourth-order valence-corrected chi connectivity index (χ4v) is 0.224. The molecule has 0 amide bonds. The predicted octanol–water partition coefficient (Wildman–Crippen LogP) is 0.954. The summed E-state index contributed by atoms with van der Waals surface area (Å²) in [6, 6.07) is 0. The monoisotopic (exact) mass is 89.0 g/mol. The molecule has 0 saturated carbocycles. The maximum absolute atomic E-state index is 3.66. The molecule has 0 aliphatic carbocycles. The van der Waals surface area contributed by atoms with Crippen molar-refractivity contribution in [2.45, 2.75) is 6.92 Å². The summed E-state index contributed by atoms with van der Waals surface area (Å²) in [7, 11) is 0. The molecule has 0 aromatic heterocycles. The van der Waals surface area contributed by atoms with Crippen molar-refractivity contribution < 1.29 is 0 Å². The average molecular weight is 89.2 g/mol. The lowest BCUT2D eigenvalue weighted by atomic mass is 10.7. The Balaban J connectivity index is 2.62. The molecule has 1 nitrogen and oxygen atoms in total. The van der Waals surface area contributed by atoms with Gasteiger partial charge in [-0.2, -0.15) is 0 Å². The third-order valence-corrected chi connectivity index (χ3v) is 0.390. The summed E-state index contributed by atoms with van der Waals surface area (Å²) >= 11 is 3.66. The van der Waals surface area contributed by atoms with Crippen molar-refractivity contribution in [3.63, 3.8) is 0 Å². The third-order valence-electron chi connectivity index (χ3n) is 0.241. The van der Waals surface area contributed by atoms with Gasteiger partial charge in [0.25, 0.3) is 0 Å². The van der Waals surface area contributed by atoms with Crippen LogP contribution in [0.15, 0.2) is 12.3 Å². The Hall–Kier alpha value is -0.110. The molecule has 0 unspecified atom stereocenters. The third kappa shape index (κ3) is 3.89. The van der Waals surface area contributed by atoms with Gasteiger partial charge in [-0.25, -0.2) is 0 Å². The molecule has 0 aliphatic rings. The minimum atomic E-state index is 1.74. The zero-order valence-corrected chi connectivity index (χ0v) is 4.00. The van der Waals surface area contributed by atoms with E-state index in [1.54, 1.807) is 6.20 Å². The molecule has 0 spiro atoms. The minimum Gasteiger partial charge on any atom is -0.339 e. The molecule has 30 valence electrons. The van der Waals surface area contributed by atoms with E-state index in [2.05, 4.69) is 17.5 Å². The van der Waals surface area contributed by atoms with Gasteiger partial charge in [0.15, 0.2) is 0 Å². The molecule has 5 heavy (non-hydrogen) atoms. The van der Waals surface area contributed by atoms with Crippen LogP contribution in [0.5, 0.6) is 0 Å². The highest BCUT2D eigenvalue weighted by atomic mass is 32.1. The van der Waals surface area contributed by atoms with Crippen molar-refractivity contribution in [2.75, 3.05) is 0 Å². The van der Waals surface area contributed by atoms with E-state index >= 15 is 0 Å². The number of hydrogen-bond acceptors (Lipinski definition) is 2. The van der Waals surface area contributed by atoms with Crippen LogP contribution in [0.1, 0.15) is 6.92 Å². The Morgan fingerprint density at radius 3 is 2.40 bits per heavy atom. The van der Waals surface area contributed by atoms with Crippen LogP contribution >= 0.6 is 12.8 Å². The second-order valence-electron chi connectivity index (χ2n) is 0.629. The van der Waals surface area contributed by atoms with E-state index in [0.29, 0.717) is 0 Å². The molecule has 0 aromatic carbocycles. The quantitative estimate of drug-likeness (QED) is 0.456. The van der Waals surface area contributed by atoms with Gasteiger partial charge < -0.3 is 4.72 Å². The topological polar surface area (TPSA) is 12.0 Å². The minimum absolute atomic E-state index is 1.74. The van der Waals surface area contributed by atoms with Crippen LogP contribution in [0, 0.1) is 0 Å². The molecular weight excluding hydrogens is 82.1 g/mol. The zero-order valence-electron chi connectivity index (χ0n) is 3.10. The lowest BCUT2D eigenvalue weighted by Crippen LogP contribution is -1.76. The standard InChI is InChI=1S/C3H7NS/c1-2-3-4-5/h2-5H,1H3. The van der Waals surface area contributed by atoms with Crippen LogP contribution in [-0.4, -0.2) is 0 Å². The van der Waals surface area contributed by atoms with E-state index in [0.717, 1.165) is 0 Å². The molecule has 0 rings (SSSR count). The first-order valence-electron chi connectivity index (χ1n) is 1.42. The summed E-state index contributed by atoms with van der Waals surface area (Å²) in [6.45, 7) is 1.92. The van der Waals surface area contributed by atoms with E-state index in [-0.39, 0.29) is 0 Å². The molecule has 0 saturated heterocycles. The van der Waals surface area contributed by atoms with Gasteiger partial charge in [0, 0.05) is 6.20 Å². The van der Waals surface area contributed by atoms with E-state index in [1.807, 2.05) is 13.0 Å². The molecular formula is C3H7NS. The molecule has 0 fully saturated rings. The van der Waals surface area contributed by atoms with Crippen molar-refractivity contribution in [3.05, 3.63) is 12.3 Å². The highest BCUT2D eigenvalue weighted by Crippen LogP contribution is 1.60. The first-order chi connectivity index (χ1) is 2.41. The Morgan fingerprint density at radius 2 is 2.40 bits per heavy atom. The molecule has 0 atom stereocenters. The molecule has 0 aromatic rings. The predicted molar refractivity (Wildman–Crippen MR) is 26.9 cm³/mol. The molecule has 2 heteroatoms. The fourth-order valence-electron chi connectivity index (χ4n) is 0.0745. The Morgan fingerprint density at radius 1 is 1.80 bits per heavy atom. The fraction of sp³-hybridized carbons (Fsp3) is 0.333. The van der Waals surface area contributed by atoms with Crippen molar-refractivity contribution in [3.8, 4) is 0 Å². The summed E-state index contributed by atoms with van der Waals surface area (Å²) in [6.07, 6.45) is 3.61. The number of allylic oxidation sites excluding steroid dienone is 1. The van der Waals surface area contributed by atoms with E-state index < -0.39 is 0 Å². The molecule has 0 aliphatic heterocycles. The van der Waals surface area contributed by atoms with Crippen LogP contribution < -0.4 is 4.72 Å². The number of hydrogen-bond donors (Lipinski definition) is 2. The number of nitrogens with one attached hydrogen (secondary N) is 1. The highest BCUT2D eigenvalue weighted by Gasteiger charge is 1.46. The van der Waals surface area contributed by atoms with Crippen LogP contribution in [-0.2, 0) is 0 Å². The van der Waals surface area contributed by atoms with Crippen LogP contribution in [0.4, 0.5) is 0 Å². The Bertz CT molecular complexity index is 33.9. The summed E-state index contributed by atoms with van der Waals surface area (Å²) in [4.78, 5) is 0. The Kier molecular flexibility index (Phi) is 3.80. The Labute approximate surface area is 37.6 Å². The normalized spacial score (nSPS) is 9.20. The highest BCUT2D eigenvalue weighted by molar-refractivity contribution is 7.78. The molecule has 1 N–H and O–H groups in total. The van der Waals surface area contributed by atoms with E-state index in [4.69, 9.17) is 0 Å². The van der Waals surface area contributed by atoms with Gasteiger partial charge in [0.2, 0.25) is 0 Å².